The van der Waals surface area contributed by atoms with E-state index in [1.54, 1.807) is 19.9 Å². The number of hydrogen-bond donors (Lipinski definition) is 2. The van der Waals surface area contributed by atoms with Gasteiger partial charge in [-0.05, 0) is 26.0 Å². The highest BCUT2D eigenvalue weighted by Crippen LogP contribution is 2.28. The molecule has 0 unspecified atom stereocenters. The summed E-state index contributed by atoms with van der Waals surface area (Å²) in [4.78, 5) is 23.7. The average Bonchev–Trinajstić information content (AvgIpc) is 2.84. The van der Waals surface area contributed by atoms with Crippen LogP contribution in [0.5, 0.6) is 0 Å². The summed E-state index contributed by atoms with van der Waals surface area (Å²) < 4.78 is 5.05. The van der Waals surface area contributed by atoms with E-state index < -0.39 is 11.9 Å². The molecule has 18 heavy (non-hydrogen) atoms. The number of carbonyl (C=O) groups is 2. The zero-order valence-corrected chi connectivity index (χ0v) is 10.6. The number of carbonyl (C=O) groups excluding carboxylic acids is 1. The molecule has 2 N–H and O–H groups in total. The molecular weight excluding hydrogens is 254 g/mol. The largest absolute Gasteiger partial charge is 0.478 e. The lowest BCUT2D eigenvalue weighted by Crippen LogP contribution is -2.13. The molecule has 1 amide bonds. The first-order valence-electron chi connectivity index (χ1n) is 5.18. The maximum Gasteiger partial charge on any atom is 0.338 e. The summed E-state index contributed by atoms with van der Waals surface area (Å²) in [6.45, 7) is 3.53. The minimum atomic E-state index is -1.06. The van der Waals surface area contributed by atoms with E-state index in [1.807, 2.05) is 0 Å². The Morgan fingerprint density at radius 2 is 2.11 bits per heavy atom. The van der Waals surface area contributed by atoms with Gasteiger partial charge in [-0.2, -0.15) is 0 Å². The van der Waals surface area contributed by atoms with E-state index in [1.165, 1.54) is 23.7 Å². The number of anilines is 1. The van der Waals surface area contributed by atoms with Gasteiger partial charge in [-0.3, -0.25) is 4.79 Å². The molecular formula is C12H11NO4S. The van der Waals surface area contributed by atoms with Gasteiger partial charge >= 0.3 is 5.97 Å². The van der Waals surface area contributed by atoms with Gasteiger partial charge in [-0.25, -0.2) is 4.79 Å². The molecule has 5 nitrogen and oxygen atoms in total. The monoisotopic (exact) mass is 265 g/mol. The zero-order valence-electron chi connectivity index (χ0n) is 9.81. The standard InChI is InChI=1S/C12H11NO4S/c1-6-3-4-17-9(6)10(14)13-11-8(12(15)16)5-7(2)18-11/h3-5H,1-2H3,(H,13,14)(H,15,16). The van der Waals surface area contributed by atoms with Gasteiger partial charge in [-0.15, -0.1) is 11.3 Å². The Morgan fingerprint density at radius 3 is 2.67 bits per heavy atom. The summed E-state index contributed by atoms with van der Waals surface area (Å²) >= 11 is 1.22. The maximum atomic E-state index is 11.9. The second-order valence-corrected chi connectivity index (χ2v) is 5.05. The van der Waals surface area contributed by atoms with E-state index in [-0.39, 0.29) is 11.3 Å². The predicted molar refractivity (Wildman–Crippen MR) is 67.4 cm³/mol. The van der Waals surface area contributed by atoms with Crippen molar-refractivity contribution in [1.82, 2.24) is 0 Å². The van der Waals surface area contributed by atoms with E-state index in [9.17, 15) is 9.59 Å². The average molecular weight is 265 g/mol. The van der Waals surface area contributed by atoms with E-state index in [4.69, 9.17) is 9.52 Å². The summed E-state index contributed by atoms with van der Waals surface area (Å²) in [6.07, 6.45) is 1.42. The van der Waals surface area contributed by atoms with Crippen LogP contribution in [0.4, 0.5) is 5.00 Å². The first-order chi connectivity index (χ1) is 8.49. The minimum Gasteiger partial charge on any atom is -0.478 e. The minimum absolute atomic E-state index is 0.0926. The van der Waals surface area contributed by atoms with Crippen molar-refractivity contribution in [1.29, 1.82) is 0 Å². The van der Waals surface area contributed by atoms with E-state index in [0.717, 1.165) is 4.88 Å². The lowest BCUT2D eigenvalue weighted by molar-refractivity contribution is 0.0698. The number of carboxylic acid groups (broad SMARTS) is 1. The van der Waals surface area contributed by atoms with E-state index in [2.05, 4.69) is 5.32 Å². The van der Waals surface area contributed by atoms with Crippen LogP contribution in [0.1, 0.15) is 31.4 Å². The number of hydrogen-bond acceptors (Lipinski definition) is 4. The molecule has 94 valence electrons. The number of nitrogens with one attached hydrogen (secondary N) is 1. The van der Waals surface area contributed by atoms with Crippen molar-refractivity contribution in [2.24, 2.45) is 0 Å². The molecule has 0 saturated carbocycles. The molecule has 0 radical (unpaired) electrons. The summed E-state index contributed by atoms with van der Waals surface area (Å²) in [6, 6.07) is 3.20. The van der Waals surface area contributed by atoms with Gasteiger partial charge in [0.2, 0.25) is 0 Å². The van der Waals surface area contributed by atoms with Crippen LogP contribution in [0.15, 0.2) is 22.8 Å². The van der Waals surface area contributed by atoms with Gasteiger partial charge in [-0.1, -0.05) is 0 Å². The van der Waals surface area contributed by atoms with Gasteiger partial charge in [0.1, 0.15) is 5.00 Å². The van der Waals surface area contributed by atoms with Crippen molar-refractivity contribution in [3.63, 3.8) is 0 Å². The molecule has 0 fully saturated rings. The molecule has 2 rings (SSSR count). The molecule has 0 aliphatic carbocycles. The fraction of sp³-hybridized carbons (Fsp3) is 0.167. The molecule has 2 heterocycles. The number of aromatic carboxylic acids is 1. The third-order valence-corrected chi connectivity index (χ3v) is 3.35. The van der Waals surface area contributed by atoms with Crippen LogP contribution in [0.2, 0.25) is 0 Å². The number of amides is 1. The Labute approximate surface area is 107 Å². The van der Waals surface area contributed by atoms with Gasteiger partial charge in [0.05, 0.1) is 11.8 Å². The van der Waals surface area contributed by atoms with Crippen LogP contribution in [0.25, 0.3) is 0 Å². The number of aryl methyl sites for hydroxylation is 2. The van der Waals surface area contributed by atoms with Crippen LogP contribution >= 0.6 is 11.3 Å². The second kappa shape index (κ2) is 4.66. The van der Waals surface area contributed by atoms with Gasteiger partial charge in [0.25, 0.3) is 5.91 Å². The smallest absolute Gasteiger partial charge is 0.338 e. The van der Waals surface area contributed by atoms with Crippen molar-refractivity contribution in [3.8, 4) is 0 Å². The molecule has 6 heteroatoms. The van der Waals surface area contributed by atoms with Crippen LogP contribution in [-0.4, -0.2) is 17.0 Å². The Kier molecular flexibility index (Phi) is 3.20. The van der Waals surface area contributed by atoms with Gasteiger partial charge in [0, 0.05) is 10.4 Å². The maximum absolute atomic E-state index is 11.9. The van der Waals surface area contributed by atoms with E-state index in [0.29, 0.717) is 10.6 Å². The van der Waals surface area contributed by atoms with Crippen LogP contribution in [0.3, 0.4) is 0 Å². The summed E-state index contributed by atoms with van der Waals surface area (Å²) in [5.74, 6) is -1.31. The van der Waals surface area contributed by atoms with Crippen molar-refractivity contribution in [2.45, 2.75) is 13.8 Å². The highest BCUT2D eigenvalue weighted by Gasteiger charge is 2.19. The van der Waals surface area contributed by atoms with Crippen LogP contribution < -0.4 is 5.32 Å². The second-order valence-electron chi connectivity index (χ2n) is 3.79. The zero-order chi connectivity index (χ0) is 13.3. The van der Waals surface area contributed by atoms with E-state index >= 15 is 0 Å². The highest BCUT2D eigenvalue weighted by molar-refractivity contribution is 7.16. The quantitative estimate of drug-likeness (QED) is 0.894. The van der Waals surface area contributed by atoms with Crippen LogP contribution in [0, 0.1) is 13.8 Å². The topological polar surface area (TPSA) is 79.5 Å². The Balaban J connectivity index is 2.27. The third-order valence-electron chi connectivity index (χ3n) is 2.38. The highest BCUT2D eigenvalue weighted by atomic mass is 32.1. The number of furan rings is 1. The lowest BCUT2D eigenvalue weighted by Gasteiger charge is -2.02. The van der Waals surface area contributed by atoms with Gasteiger partial charge < -0.3 is 14.8 Å². The molecule has 0 spiro atoms. The fourth-order valence-electron chi connectivity index (χ4n) is 1.53. The fourth-order valence-corrected chi connectivity index (χ4v) is 2.43. The number of thiophene rings is 1. The summed E-state index contributed by atoms with van der Waals surface area (Å²) in [7, 11) is 0. The Hall–Kier alpha value is -2.08. The Bertz CT molecular complexity index is 611. The summed E-state index contributed by atoms with van der Waals surface area (Å²) in [5.41, 5.74) is 0.799. The summed E-state index contributed by atoms with van der Waals surface area (Å²) in [5, 5.41) is 11.9. The molecule has 0 aromatic carbocycles. The van der Waals surface area contributed by atoms with Crippen LogP contribution in [-0.2, 0) is 0 Å². The molecule has 2 aromatic heterocycles. The van der Waals surface area contributed by atoms with Crippen molar-refractivity contribution in [2.75, 3.05) is 5.32 Å². The SMILES string of the molecule is Cc1cc(C(=O)O)c(NC(=O)c2occc2C)s1. The predicted octanol–water partition coefficient (Wildman–Crippen LogP) is 2.91. The normalized spacial score (nSPS) is 10.3. The van der Waals surface area contributed by atoms with Crippen molar-refractivity contribution >= 4 is 28.2 Å². The lowest BCUT2D eigenvalue weighted by atomic mass is 10.2. The molecule has 0 aliphatic rings. The molecule has 2 aromatic rings. The molecule has 0 saturated heterocycles. The molecule has 0 atom stereocenters. The first-order valence-corrected chi connectivity index (χ1v) is 6.00. The van der Waals surface area contributed by atoms with Gasteiger partial charge in [0.15, 0.2) is 5.76 Å². The molecule has 0 aliphatic heterocycles. The van der Waals surface area contributed by atoms with Crippen molar-refractivity contribution in [3.05, 3.63) is 40.2 Å². The van der Waals surface area contributed by atoms with Crippen molar-refractivity contribution < 1.29 is 19.1 Å². The Morgan fingerprint density at radius 1 is 1.39 bits per heavy atom. The molecule has 0 bridgehead atoms. The third kappa shape index (κ3) is 2.28. The number of rotatable bonds is 3. The number of carboxylic acids is 1. The first kappa shape index (κ1) is 12.4.